The van der Waals surface area contributed by atoms with Gasteiger partial charge in [-0.2, -0.15) is 0 Å². The molecule has 0 atom stereocenters. The molecule has 3 rings (SSSR count). The molecule has 0 aliphatic heterocycles. The molecule has 3 aromatic rings. The van der Waals surface area contributed by atoms with Gasteiger partial charge >= 0.3 is 0 Å². The number of hydrogen-bond acceptors (Lipinski definition) is 4. The summed E-state index contributed by atoms with van der Waals surface area (Å²) in [6.07, 6.45) is 3.07. The Balaban J connectivity index is 2.05. The van der Waals surface area contributed by atoms with Crippen LogP contribution >= 0.6 is 11.6 Å². The zero-order valence-corrected chi connectivity index (χ0v) is 13.2. The summed E-state index contributed by atoms with van der Waals surface area (Å²) in [4.78, 5) is 8.43. The van der Waals surface area contributed by atoms with E-state index in [1.54, 1.807) is 30.5 Å². The molecule has 2 aromatic carbocycles. The molecule has 5 nitrogen and oxygen atoms in total. The van der Waals surface area contributed by atoms with E-state index in [1.807, 2.05) is 6.92 Å². The van der Waals surface area contributed by atoms with Crippen LogP contribution in [0.2, 0.25) is 5.02 Å². The molecule has 0 saturated carbocycles. The molecule has 1 N–H and O–H groups in total. The van der Waals surface area contributed by atoms with Gasteiger partial charge in [-0.05, 0) is 36.8 Å². The molecule has 0 radical (unpaired) electrons. The maximum atomic E-state index is 12.5. The van der Waals surface area contributed by atoms with Crippen LogP contribution in [0, 0.1) is 6.92 Å². The second-order valence-corrected chi connectivity index (χ2v) is 6.84. The zero-order valence-electron chi connectivity index (χ0n) is 11.6. The second kappa shape index (κ2) is 5.55. The normalized spacial score (nSPS) is 11.5. The topological polar surface area (TPSA) is 72.0 Å². The van der Waals surface area contributed by atoms with Crippen LogP contribution in [0.15, 0.2) is 53.7 Å². The summed E-state index contributed by atoms with van der Waals surface area (Å²) in [6.45, 7) is 1.81. The van der Waals surface area contributed by atoms with Gasteiger partial charge in [-0.25, -0.2) is 8.42 Å². The van der Waals surface area contributed by atoms with E-state index in [9.17, 15) is 8.42 Å². The number of hydrogen-bond donors (Lipinski definition) is 1. The fourth-order valence-corrected chi connectivity index (χ4v) is 3.36. The molecule has 112 valence electrons. The second-order valence-electron chi connectivity index (χ2n) is 4.75. The number of rotatable bonds is 3. The minimum atomic E-state index is -3.75. The summed E-state index contributed by atoms with van der Waals surface area (Å²) in [5.74, 6) is 0. The first kappa shape index (κ1) is 14.7. The quantitative estimate of drug-likeness (QED) is 0.797. The molecule has 0 saturated heterocycles. The van der Waals surface area contributed by atoms with E-state index < -0.39 is 10.0 Å². The average Bonchev–Trinajstić information content (AvgIpc) is 2.50. The molecular weight excluding hydrogens is 322 g/mol. The molecule has 22 heavy (non-hydrogen) atoms. The van der Waals surface area contributed by atoms with Crippen molar-refractivity contribution in [1.82, 2.24) is 9.97 Å². The van der Waals surface area contributed by atoms with E-state index in [1.165, 1.54) is 18.3 Å². The van der Waals surface area contributed by atoms with E-state index in [-0.39, 0.29) is 4.90 Å². The van der Waals surface area contributed by atoms with Gasteiger partial charge in [-0.3, -0.25) is 14.7 Å². The highest BCUT2D eigenvalue weighted by Crippen LogP contribution is 2.25. The van der Waals surface area contributed by atoms with Gasteiger partial charge in [0.05, 0.1) is 16.1 Å². The Kier molecular flexibility index (Phi) is 3.72. The standard InChI is InChI=1S/C15H12ClN3O2S/c1-10-5-6-11(9-12(10)16)22(20,21)19-14-4-2-3-13-15(14)18-8-7-17-13/h2-9,19H,1H3. The lowest BCUT2D eigenvalue weighted by molar-refractivity contribution is 0.601. The number of aryl methyl sites for hydroxylation is 1. The SMILES string of the molecule is Cc1ccc(S(=O)(=O)Nc2cccc3nccnc23)cc1Cl. The number of aromatic nitrogens is 2. The van der Waals surface area contributed by atoms with Crippen LogP contribution in [0.1, 0.15) is 5.56 Å². The van der Waals surface area contributed by atoms with E-state index in [2.05, 4.69) is 14.7 Å². The average molecular weight is 334 g/mol. The lowest BCUT2D eigenvalue weighted by Crippen LogP contribution is -2.13. The Hall–Kier alpha value is -2.18. The fourth-order valence-electron chi connectivity index (χ4n) is 2.02. The predicted octanol–water partition coefficient (Wildman–Crippen LogP) is 3.39. The van der Waals surface area contributed by atoms with Gasteiger partial charge in [0.25, 0.3) is 10.0 Å². The summed E-state index contributed by atoms with van der Waals surface area (Å²) in [7, 11) is -3.75. The molecule has 0 bridgehead atoms. The molecule has 1 heterocycles. The highest BCUT2D eigenvalue weighted by Gasteiger charge is 2.17. The van der Waals surface area contributed by atoms with Gasteiger partial charge < -0.3 is 0 Å². The number of fused-ring (bicyclic) bond motifs is 1. The van der Waals surface area contributed by atoms with E-state index >= 15 is 0 Å². The van der Waals surface area contributed by atoms with Crippen molar-refractivity contribution in [3.8, 4) is 0 Å². The third-order valence-corrected chi connectivity index (χ3v) is 4.97. The van der Waals surface area contributed by atoms with Crippen LogP contribution < -0.4 is 4.72 Å². The lowest BCUT2D eigenvalue weighted by atomic mass is 10.2. The molecule has 1 aromatic heterocycles. The molecule has 0 aliphatic carbocycles. The molecule has 0 unspecified atom stereocenters. The molecule has 0 amide bonds. The van der Waals surface area contributed by atoms with Gasteiger partial charge in [-0.1, -0.05) is 23.7 Å². The highest BCUT2D eigenvalue weighted by molar-refractivity contribution is 7.92. The number of halogens is 1. The first-order chi connectivity index (χ1) is 10.5. The Bertz CT molecular complexity index is 953. The van der Waals surface area contributed by atoms with Crippen LogP contribution in [0.3, 0.4) is 0 Å². The maximum absolute atomic E-state index is 12.5. The summed E-state index contributed by atoms with van der Waals surface area (Å²) in [5, 5.41) is 0.403. The minimum absolute atomic E-state index is 0.101. The smallest absolute Gasteiger partial charge is 0.262 e. The van der Waals surface area contributed by atoms with Crippen LogP contribution in [0.4, 0.5) is 5.69 Å². The number of benzene rings is 2. The van der Waals surface area contributed by atoms with E-state index in [0.29, 0.717) is 21.7 Å². The van der Waals surface area contributed by atoms with Crippen molar-refractivity contribution < 1.29 is 8.42 Å². The number of nitrogens with one attached hydrogen (secondary N) is 1. The number of nitrogens with zero attached hydrogens (tertiary/aromatic N) is 2. The summed E-state index contributed by atoms with van der Waals surface area (Å²) in [5.41, 5.74) is 2.30. The Morgan fingerprint density at radius 3 is 2.64 bits per heavy atom. The first-order valence-corrected chi connectivity index (χ1v) is 8.32. The summed E-state index contributed by atoms with van der Waals surface area (Å²) >= 11 is 6.00. The third kappa shape index (κ3) is 2.75. The van der Waals surface area contributed by atoms with Crippen LogP contribution in [0.25, 0.3) is 11.0 Å². The predicted molar refractivity (Wildman–Crippen MR) is 86.5 cm³/mol. The van der Waals surface area contributed by atoms with Crippen molar-refractivity contribution in [1.29, 1.82) is 0 Å². The van der Waals surface area contributed by atoms with Crippen LogP contribution in [0.5, 0.6) is 0 Å². The van der Waals surface area contributed by atoms with Gasteiger partial charge in [0, 0.05) is 17.4 Å². The van der Waals surface area contributed by atoms with Gasteiger partial charge in [0.1, 0.15) is 5.52 Å². The maximum Gasteiger partial charge on any atom is 0.262 e. The number of sulfonamides is 1. The molecular formula is C15H12ClN3O2S. The largest absolute Gasteiger partial charge is 0.277 e. The van der Waals surface area contributed by atoms with Crippen LogP contribution in [-0.4, -0.2) is 18.4 Å². The van der Waals surface area contributed by atoms with E-state index in [4.69, 9.17) is 11.6 Å². The van der Waals surface area contributed by atoms with Crippen molar-refractivity contribution in [2.75, 3.05) is 4.72 Å². The third-order valence-electron chi connectivity index (χ3n) is 3.20. The zero-order chi connectivity index (χ0) is 15.7. The first-order valence-electron chi connectivity index (χ1n) is 6.46. The Morgan fingerprint density at radius 1 is 1.09 bits per heavy atom. The Labute approximate surface area is 133 Å². The Morgan fingerprint density at radius 2 is 1.86 bits per heavy atom. The highest BCUT2D eigenvalue weighted by atomic mass is 35.5. The summed E-state index contributed by atoms with van der Waals surface area (Å²) < 4.78 is 27.5. The molecule has 0 fully saturated rings. The molecule has 7 heteroatoms. The van der Waals surface area contributed by atoms with Crippen molar-refractivity contribution in [3.05, 3.63) is 59.4 Å². The minimum Gasteiger partial charge on any atom is -0.277 e. The molecule has 0 aliphatic rings. The van der Waals surface area contributed by atoms with Crippen molar-refractivity contribution >= 4 is 38.3 Å². The lowest BCUT2D eigenvalue weighted by Gasteiger charge is -2.10. The van der Waals surface area contributed by atoms with Crippen LogP contribution in [-0.2, 0) is 10.0 Å². The van der Waals surface area contributed by atoms with Gasteiger partial charge in [-0.15, -0.1) is 0 Å². The monoisotopic (exact) mass is 333 g/mol. The summed E-state index contributed by atoms with van der Waals surface area (Å²) in [6, 6.07) is 9.74. The van der Waals surface area contributed by atoms with Gasteiger partial charge in [0.15, 0.2) is 0 Å². The number of anilines is 1. The van der Waals surface area contributed by atoms with Crippen molar-refractivity contribution in [2.45, 2.75) is 11.8 Å². The molecule has 0 spiro atoms. The fraction of sp³-hybridized carbons (Fsp3) is 0.0667. The van der Waals surface area contributed by atoms with Gasteiger partial charge in [0.2, 0.25) is 0 Å². The number of para-hydroxylation sites is 1. The van der Waals surface area contributed by atoms with E-state index in [0.717, 1.165) is 5.56 Å². The van der Waals surface area contributed by atoms with Crippen molar-refractivity contribution in [3.63, 3.8) is 0 Å². The van der Waals surface area contributed by atoms with Crippen molar-refractivity contribution in [2.24, 2.45) is 0 Å².